The maximum atomic E-state index is 11.6. The summed E-state index contributed by atoms with van der Waals surface area (Å²) in [5.74, 6) is -0.979. The Morgan fingerprint density at radius 1 is 1.06 bits per heavy atom. The van der Waals surface area contributed by atoms with Crippen molar-refractivity contribution in [2.45, 2.75) is 74.6 Å². The molecule has 0 aromatic carbocycles. The molecule has 0 aromatic heterocycles. The fourth-order valence-corrected chi connectivity index (χ4v) is 3.88. The largest absolute Gasteiger partial charge is 0.457 e. The molecule has 4 fully saturated rings. The van der Waals surface area contributed by atoms with Crippen molar-refractivity contribution in [3.8, 4) is 0 Å². The molecule has 0 radical (unpaired) electrons. The lowest BCUT2D eigenvalue weighted by atomic mass is 9.82. The molecule has 4 rings (SSSR count). The van der Waals surface area contributed by atoms with Gasteiger partial charge in [-0.15, -0.1) is 0 Å². The van der Waals surface area contributed by atoms with Gasteiger partial charge in [-0.2, -0.15) is 0 Å². The zero-order valence-corrected chi connectivity index (χ0v) is 10.3. The fourth-order valence-electron chi connectivity index (χ4n) is 3.88. The fraction of sp³-hybridized carbons (Fsp3) is 0.923. The Hall–Kier alpha value is -0.650. The van der Waals surface area contributed by atoms with Crippen molar-refractivity contribution in [1.82, 2.24) is 0 Å². The van der Waals surface area contributed by atoms with Gasteiger partial charge >= 0.3 is 5.97 Å². The van der Waals surface area contributed by atoms with E-state index in [1.54, 1.807) is 0 Å². The van der Waals surface area contributed by atoms with E-state index in [1.165, 1.54) is 6.42 Å². The van der Waals surface area contributed by atoms with Gasteiger partial charge in [-0.3, -0.25) is 0 Å². The SMILES string of the molecule is O=C1O[C@H]2C[C@@]1(O)C[C@H]1OC3(CCCCC3)O[C@H]21. The molecule has 2 aliphatic carbocycles. The first-order chi connectivity index (χ1) is 8.60. The van der Waals surface area contributed by atoms with Gasteiger partial charge in [0.25, 0.3) is 0 Å². The highest BCUT2D eigenvalue weighted by Crippen LogP contribution is 2.49. The number of ether oxygens (including phenoxy) is 3. The van der Waals surface area contributed by atoms with Crippen LogP contribution in [0.2, 0.25) is 0 Å². The summed E-state index contributed by atoms with van der Waals surface area (Å²) >= 11 is 0. The molecule has 1 N–H and O–H groups in total. The maximum absolute atomic E-state index is 11.6. The van der Waals surface area contributed by atoms with Crippen LogP contribution in [0.1, 0.15) is 44.9 Å². The smallest absolute Gasteiger partial charge is 0.338 e. The van der Waals surface area contributed by atoms with Crippen LogP contribution >= 0.6 is 0 Å². The molecule has 5 nitrogen and oxygen atoms in total. The standard InChI is InChI=1S/C13H18O5/c14-11-12(15)6-8(16-11)10-9(7-12)17-13(18-10)4-2-1-3-5-13/h8-10,15H,1-7H2/t8-,9+,10+,12+/m0/s1. The second kappa shape index (κ2) is 3.46. The molecule has 2 aliphatic heterocycles. The van der Waals surface area contributed by atoms with Gasteiger partial charge in [0.2, 0.25) is 0 Å². The molecule has 2 heterocycles. The number of aliphatic hydroxyl groups is 1. The summed E-state index contributed by atoms with van der Waals surface area (Å²) in [7, 11) is 0. The van der Waals surface area contributed by atoms with E-state index in [9.17, 15) is 9.90 Å². The molecule has 2 saturated carbocycles. The molecule has 2 bridgehead atoms. The highest BCUT2D eigenvalue weighted by atomic mass is 16.8. The highest BCUT2D eigenvalue weighted by molar-refractivity contribution is 5.82. The first-order valence-corrected chi connectivity index (χ1v) is 6.89. The molecule has 4 aliphatic rings. The van der Waals surface area contributed by atoms with E-state index in [4.69, 9.17) is 14.2 Å². The van der Waals surface area contributed by atoms with Gasteiger partial charge in [0.05, 0.1) is 6.10 Å². The van der Waals surface area contributed by atoms with Gasteiger partial charge in [0.15, 0.2) is 11.4 Å². The van der Waals surface area contributed by atoms with Crippen molar-refractivity contribution in [3.05, 3.63) is 0 Å². The number of esters is 1. The number of hydrogen-bond acceptors (Lipinski definition) is 5. The van der Waals surface area contributed by atoms with Gasteiger partial charge in [-0.1, -0.05) is 6.42 Å². The number of fused-ring (bicyclic) bond motifs is 4. The van der Waals surface area contributed by atoms with E-state index < -0.39 is 17.4 Å². The van der Waals surface area contributed by atoms with E-state index in [-0.39, 0.29) is 18.3 Å². The summed E-state index contributed by atoms with van der Waals surface area (Å²) in [6, 6.07) is 0. The third kappa shape index (κ3) is 1.41. The normalized spacial score (nSPS) is 49.2. The third-order valence-corrected chi connectivity index (χ3v) is 4.78. The van der Waals surface area contributed by atoms with Crippen LogP contribution in [-0.4, -0.2) is 40.8 Å². The van der Waals surface area contributed by atoms with E-state index >= 15 is 0 Å². The third-order valence-electron chi connectivity index (χ3n) is 4.78. The number of rotatable bonds is 0. The summed E-state index contributed by atoms with van der Waals surface area (Å²) in [5, 5.41) is 10.2. The van der Waals surface area contributed by atoms with Gasteiger partial charge in [0, 0.05) is 25.7 Å². The molecule has 18 heavy (non-hydrogen) atoms. The lowest BCUT2D eigenvalue weighted by molar-refractivity contribution is -0.203. The molecule has 0 aromatic rings. The van der Waals surface area contributed by atoms with Crippen molar-refractivity contribution in [1.29, 1.82) is 0 Å². The Bertz CT molecular complexity index is 389. The minimum Gasteiger partial charge on any atom is -0.457 e. The Balaban J connectivity index is 1.59. The average Bonchev–Trinajstić information content (AvgIpc) is 2.79. The van der Waals surface area contributed by atoms with Crippen LogP contribution in [0.3, 0.4) is 0 Å². The molecular weight excluding hydrogens is 236 g/mol. The second-order valence-corrected chi connectivity index (χ2v) is 6.09. The Kier molecular flexibility index (Phi) is 2.16. The molecule has 100 valence electrons. The van der Waals surface area contributed by atoms with Crippen LogP contribution in [0.4, 0.5) is 0 Å². The zero-order chi connectivity index (χ0) is 12.4. The Morgan fingerprint density at radius 3 is 2.56 bits per heavy atom. The Labute approximate surface area is 105 Å². The van der Waals surface area contributed by atoms with E-state index in [0.29, 0.717) is 12.8 Å². The first-order valence-electron chi connectivity index (χ1n) is 6.89. The van der Waals surface area contributed by atoms with Crippen molar-refractivity contribution in [2.24, 2.45) is 0 Å². The van der Waals surface area contributed by atoms with Crippen LogP contribution in [0.25, 0.3) is 0 Å². The quantitative estimate of drug-likeness (QED) is 0.650. The summed E-state index contributed by atoms with van der Waals surface area (Å²) in [4.78, 5) is 11.6. The number of carbonyl (C=O) groups is 1. The van der Waals surface area contributed by atoms with Crippen molar-refractivity contribution in [3.63, 3.8) is 0 Å². The van der Waals surface area contributed by atoms with Crippen LogP contribution in [0.5, 0.6) is 0 Å². The van der Waals surface area contributed by atoms with Crippen molar-refractivity contribution >= 4 is 5.97 Å². The zero-order valence-electron chi connectivity index (χ0n) is 10.3. The molecule has 5 heteroatoms. The van der Waals surface area contributed by atoms with Crippen molar-refractivity contribution < 1.29 is 24.1 Å². The van der Waals surface area contributed by atoms with Gasteiger partial charge in [0.1, 0.15) is 12.2 Å². The molecule has 4 atom stereocenters. The molecule has 1 spiro atoms. The predicted molar refractivity (Wildman–Crippen MR) is 59.6 cm³/mol. The van der Waals surface area contributed by atoms with Crippen LogP contribution in [0, 0.1) is 0 Å². The topological polar surface area (TPSA) is 65.0 Å². The van der Waals surface area contributed by atoms with Crippen molar-refractivity contribution in [2.75, 3.05) is 0 Å². The van der Waals surface area contributed by atoms with Gasteiger partial charge in [-0.25, -0.2) is 4.79 Å². The maximum Gasteiger partial charge on any atom is 0.338 e. The lowest BCUT2D eigenvalue weighted by Crippen LogP contribution is -2.47. The minimum atomic E-state index is -1.34. The summed E-state index contributed by atoms with van der Waals surface area (Å²) in [5.41, 5.74) is -1.34. The van der Waals surface area contributed by atoms with Crippen LogP contribution in [-0.2, 0) is 19.0 Å². The van der Waals surface area contributed by atoms with E-state index in [0.717, 1.165) is 25.7 Å². The monoisotopic (exact) mass is 254 g/mol. The second-order valence-electron chi connectivity index (χ2n) is 6.09. The van der Waals surface area contributed by atoms with Crippen LogP contribution < -0.4 is 0 Å². The van der Waals surface area contributed by atoms with E-state index in [2.05, 4.69) is 0 Å². The first kappa shape index (κ1) is 11.2. The molecule has 0 unspecified atom stereocenters. The number of carbonyl (C=O) groups excluding carboxylic acids is 1. The lowest BCUT2D eigenvalue weighted by Gasteiger charge is -2.32. The van der Waals surface area contributed by atoms with E-state index in [1.807, 2.05) is 0 Å². The number of hydrogen-bond donors (Lipinski definition) is 1. The summed E-state index contributed by atoms with van der Waals surface area (Å²) in [6.45, 7) is 0. The van der Waals surface area contributed by atoms with Crippen LogP contribution in [0.15, 0.2) is 0 Å². The molecular formula is C13H18O5. The van der Waals surface area contributed by atoms with Gasteiger partial charge in [-0.05, 0) is 12.8 Å². The summed E-state index contributed by atoms with van der Waals surface area (Å²) in [6.07, 6.45) is 5.25. The predicted octanol–water partition coefficient (Wildman–Crippen LogP) is 0.881. The average molecular weight is 254 g/mol. The summed E-state index contributed by atoms with van der Waals surface area (Å²) < 4.78 is 17.4. The minimum absolute atomic E-state index is 0.185. The molecule has 0 amide bonds. The molecule has 2 saturated heterocycles. The van der Waals surface area contributed by atoms with Gasteiger partial charge < -0.3 is 19.3 Å². The Morgan fingerprint density at radius 2 is 1.78 bits per heavy atom. The highest BCUT2D eigenvalue weighted by Gasteiger charge is 2.63.